The first kappa shape index (κ1) is 98.5. The number of hydrogen-bond acceptors (Lipinski definition) is 15. The number of unbranched alkanes of at least 4 members (excludes halogenated alkanes) is 49. The van der Waals surface area contributed by atoms with E-state index in [-0.39, 0.29) is 25.7 Å². The fourth-order valence-electron chi connectivity index (χ4n) is 12.2. The van der Waals surface area contributed by atoms with E-state index in [0.717, 1.165) is 115 Å². The van der Waals surface area contributed by atoms with Crippen LogP contribution < -0.4 is 0 Å². The van der Waals surface area contributed by atoms with E-state index in [1.165, 1.54) is 218 Å². The molecule has 0 spiro atoms. The Morgan fingerprint density at radius 3 is 0.812 bits per heavy atom. The van der Waals surface area contributed by atoms with Crippen LogP contribution in [-0.4, -0.2) is 96.7 Å². The molecule has 0 aliphatic heterocycles. The van der Waals surface area contributed by atoms with E-state index in [1.807, 2.05) is 0 Å². The van der Waals surface area contributed by atoms with Crippen LogP contribution in [0.15, 0.2) is 24.3 Å². The van der Waals surface area contributed by atoms with E-state index in [4.69, 9.17) is 37.0 Å². The van der Waals surface area contributed by atoms with E-state index >= 15 is 0 Å². The summed E-state index contributed by atoms with van der Waals surface area (Å²) in [6.45, 7) is 7.27. The number of aliphatic hydroxyl groups excluding tert-OH is 1. The maximum absolute atomic E-state index is 13.1. The van der Waals surface area contributed by atoms with Crippen LogP contribution in [-0.2, 0) is 65.4 Å². The zero-order valence-corrected chi connectivity index (χ0v) is 67.3. The Kier molecular flexibility index (Phi) is 72.6. The normalized spacial score (nSPS) is 14.0. The molecule has 0 aromatic carbocycles. The molecule has 0 aliphatic carbocycles. The van der Waals surface area contributed by atoms with Crippen molar-refractivity contribution in [3.05, 3.63) is 24.3 Å². The molecule has 19 heteroatoms. The minimum atomic E-state index is -4.97. The van der Waals surface area contributed by atoms with Gasteiger partial charge in [-0.05, 0) is 57.3 Å². The fraction of sp³-hybridized carbons (Fsp3) is 0.902. The van der Waals surface area contributed by atoms with E-state index in [9.17, 15) is 43.2 Å². The molecular weight excluding hydrogens is 1320 g/mol. The molecule has 0 aliphatic rings. The number of carbonyl (C=O) groups is 4. The molecule has 3 N–H and O–H groups in total. The third-order valence-corrected chi connectivity index (χ3v) is 20.6. The quantitative estimate of drug-likeness (QED) is 0.0169. The van der Waals surface area contributed by atoms with Crippen LogP contribution in [0.5, 0.6) is 0 Å². The van der Waals surface area contributed by atoms with Crippen molar-refractivity contribution in [2.24, 2.45) is 5.92 Å². The second-order valence-electron chi connectivity index (χ2n) is 29.3. The van der Waals surface area contributed by atoms with Crippen molar-refractivity contribution in [2.75, 3.05) is 39.6 Å². The number of allylic oxidation sites excluding steroid dienone is 4. The molecule has 0 aromatic heterocycles. The first-order chi connectivity index (χ1) is 49.0. The highest BCUT2D eigenvalue weighted by molar-refractivity contribution is 7.47. The summed E-state index contributed by atoms with van der Waals surface area (Å²) in [5.41, 5.74) is 0. The highest BCUT2D eigenvalue weighted by Crippen LogP contribution is 2.45. The van der Waals surface area contributed by atoms with Crippen molar-refractivity contribution in [1.82, 2.24) is 0 Å². The molecule has 17 nitrogen and oxygen atoms in total. The molecule has 0 aromatic rings. The second kappa shape index (κ2) is 74.4. The molecule has 0 amide bonds. The monoisotopic (exact) mass is 1480 g/mol. The van der Waals surface area contributed by atoms with Gasteiger partial charge in [0, 0.05) is 25.7 Å². The number of rotatable bonds is 80. The Morgan fingerprint density at radius 1 is 0.307 bits per heavy atom. The average molecular weight is 1480 g/mol. The van der Waals surface area contributed by atoms with E-state index < -0.39 is 97.5 Å². The number of hydrogen-bond donors (Lipinski definition) is 3. The number of phosphoric acid groups is 2. The smallest absolute Gasteiger partial charge is 0.462 e. The third-order valence-electron chi connectivity index (χ3n) is 18.7. The van der Waals surface area contributed by atoms with Gasteiger partial charge in [0.05, 0.1) is 26.4 Å². The van der Waals surface area contributed by atoms with Gasteiger partial charge in [-0.3, -0.25) is 37.3 Å². The van der Waals surface area contributed by atoms with Crippen molar-refractivity contribution in [3.8, 4) is 0 Å². The van der Waals surface area contributed by atoms with Gasteiger partial charge >= 0.3 is 39.5 Å². The molecule has 5 atom stereocenters. The standard InChI is InChI=1S/C82H156O17P2/c1-6-9-12-15-18-21-23-25-27-28-29-30-35-38-42-46-51-56-61-66-80(85)93-72-78(99-82(87)68-63-58-53-48-44-40-36-32-31-34-37-41-45-49-54-59-64-75(4)5)74-97-101(90,91)95-70-76(83)69-94-100(88,89)96-73-77(71-92-79(84)65-60-55-50-20-17-14-11-8-3)98-81(86)67-62-57-52-47-43-39-33-26-24-22-19-16-13-10-7-2/h22,24,26,33,75-78,83H,6-21,23,25,27-32,34-74H2,1-5H3,(H,88,89)(H,90,91)/b24-22-,33-26-/t76-,77+,78+/m0/s1. The number of carbonyl (C=O) groups excluding carboxylic acids is 4. The summed E-state index contributed by atoms with van der Waals surface area (Å²) >= 11 is 0. The lowest BCUT2D eigenvalue weighted by Crippen LogP contribution is -2.30. The maximum Gasteiger partial charge on any atom is 0.472 e. The van der Waals surface area contributed by atoms with Gasteiger partial charge in [0.1, 0.15) is 19.3 Å². The molecule has 596 valence electrons. The Morgan fingerprint density at radius 2 is 0.535 bits per heavy atom. The molecule has 101 heavy (non-hydrogen) atoms. The Hall–Kier alpha value is -2.46. The molecule has 0 fully saturated rings. The number of phosphoric ester groups is 2. The van der Waals surface area contributed by atoms with Crippen LogP contribution >= 0.6 is 15.6 Å². The zero-order valence-electron chi connectivity index (χ0n) is 65.5. The Balaban J connectivity index is 5.23. The molecule has 0 radical (unpaired) electrons. The second-order valence-corrected chi connectivity index (χ2v) is 32.2. The summed E-state index contributed by atoms with van der Waals surface area (Å²) in [6.07, 6.45) is 68.9. The number of ether oxygens (including phenoxy) is 4. The van der Waals surface area contributed by atoms with Gasteiger partial charge in [-0.2, -0.15) is 0 Å². The molecule has 0 heterocycles. The lowest BCUT2D eigenvalue weighted by molar-refractivity contribution is -0.161. The maximum atomic E-state index is 13.1. The highest BCUT2D eigenvalue weighted by Gasteiger charge is 2.30. The van der Waals surface area contributed by atoms with Crippen LogP contribution in [0.2, 0.25) is 0 Å². The topological polar surface area (TPSA) is 237 Å². The molecule has 2 unspecified atom stereocenters. The van der Waals surface area contributed by atoms with Crippen molar-refractivity contribution >= 4 is 39.5 Å². The summed E-state index contributed by atoms with van der Waals surface area (Å²) in [6, 6.07) is 0. The third kappa shape index (κ3) is 75.6. The van der Waals surface area contributed by atoms with Gasteiger partial charge < -0.3 is 33.8 Å². The van der Waals surface area contributed by atoms with E-state index in [1.54, 1.807) is 0 Å². The minimum Gasteiger partial charge on any atom is -0.462 e. The molecule has 0 rings (SSSR count). The fourth-order valence-corrected chi connectivity index (χ4v) is 13.8. The zero-order chi connectivity index (χ0) is 74.1. The Bertz CT molecular complexity index is 2020. The molecular formula is C82H156O17P2. The predicted octanol–water partition coefficient (Wildman–Crippen LogP) is 24.4. The number of aliphatic hydroxyl groups is 1. The average Bonchev–Trinajstić information content (AvgIpc) is 0.960. The summed E-state index contributed by atoms with van der Waals surface area (Å²) < 4.78 is 68.6. The lowest BCUT2D eigenvalue weighted by atomic mass is 10.0. The largest absolute Gasteiger partial charge is 0.472 e. The first-order valence-electron chi connectivity index (χ1n) is 42.0. The van der Waals surface area contributed by atoms with Crippen LogP contribution in [0, 0.1) is 5.92 Å². The first-order valence-corrected chi connectivity index (χ1v) is 44.9. The SMILES string of the molecule is CCCCCC/C=C\C=C/CCCCCCCC(=O)O[C@H](COC(=O)CCCCCCCCCC)COP(=O)(O)OC[C@H](O)COP(=O)(O)OC[C@@H](COC(=O)CCCCCCCCCCCCCCCCCCCCC)OC(=O)CCCCCCCCCCCCCCCCCCC(C)C. The predicted molar refractivity (Wildman–Crippen MR) is 414 cm³/mol. The van der Waals surface area contributed by atoms with Crippen molar-refractivity contribution in [2.45, 2.75) is 432 Å². The number of esters is 4. The summed E-state index contributed by atoms with van der Waals surface area (Å²) in [7, 11) is -9.93. The summed E-state index contributed by atoms with van der Waals surface area (Å²) in [5.74, 6) is -1.33. The van der Waals surface area contributed by atoms with Gasteiger partial charge in [-0.15, -0.1) is 0 Å². The van der Waals surface area contributed by atoms with Gasteiger partial charge in [0.2, 0.25) is 0 Å². The van der Waals surface area contributed by atoms with Crippen LogP contribution in [0.1, 0.15) is 413 Å². The van der Waals surface area contributed by atoms with E-state index in [2.05, 4.69) is 58.9 Å². The molecule has 0 saturated heterocycles. The van der Waals surface area contributed by atoms with Crippen molar-refractivity contribution < 1.29 is 80.2 Å². The van der Waals surface area contributed by atoms with Gasteiger partial charge in [0.25, 0.3) is 0 Å². The minimum absolute atomic E-state index is 0.0852. The summed E-state index contributed by atoms with van der Waals surface area (Å²) in [4.78, 5) is 72.9. The van der Waals surface area contributed by atoms with Gasteiger partial charge in [0.15, 0.2) is 12.2 Å². The highest BCUT2D eigenvalue weighted by atomic mass is 31.2. The van der Waals surface area contributed by atoms with Gasteiger partial charge in [-0.1, -0.05) is 361 Å². The molecule has 0 saturated carbocycles. The van der Waals surface area contributed by atoms with Gasteiger partial charge in [-0.25, -0.2) is 9.13 Å². The van der Waals surface area contributed by atoms with Crippen molar-refractivity contribution in [3.63, 3.8) is 0 Å². The van der Waals surface area contributed by atoms with Crippen LogP contribution in [0.25, 0.3) is 0 Å². The molecule has 0 bridgehead atoms. The van der Waals surface area contributed by atoms with Crippen LogP contribution in [0.3, 0.4) is 0 Å². The summed E-state index contributed by atoms with van der Waals surface area (Å²) in [5, 5.41) is 10.6. The lowest BCUT2D eigenvalue weighted by Gasteiger charge is -2.21. The Labute approximate surface area is 618 Å². The van der Waals surface area contributed by atoms with Crippen molar-refractivity contribution in [1.29, 1.82) is 0 Å². The van der Waals surface area contributed by atoms with E-state index in [0.29, 0.717) is 25.7 Å². The van der Waals surface area contributed by atoms with Crippen LogP contribution in [0.4, 0.5) is 0 Å².